The highest BCUT2D eigenvalue weighted by atomic mass is 32.1. The molecule has 0 saturated carbocycles. The first-order valence-electron chi connectivity index (χ1n) is 16.1. The van der Waals surface area contributed by atoms with Gasteiger partial charge in [-0.3, -0.25) is 9.28 Å². The fourth-order valence-electron chi connectivity index (χ4n) is 5.88. The molecule has 5 aromatic rings. The smallest absolute Gasteiger partial charge is 0.344 e. The molecule has 6 nitrogen and oxygen atoms in total. The summed E-state index contributed by atoms with van der Waals surface area (Å²) < 4.78 is 39.1. The Morgan fingerprint density at radius 2 is 1.60 bits per heavy atom. The van der Waals surface area contributed by atoms with E-state index in [2.05, 4.69) is 5.32 Å². The first-order valence-corrected chi connectivity index (χ1v) is 16.9. The molecular formula is C38H40F2N3O3S+. The van der Waals surface area contributed by atoms with Crippen molar-refractivity contribution >= 4 is 44.8 Å². The fraction of sp³-hybridized carbons (Fsp3) is 0.289. The van der Waals surface area contributed by atoms with Gasteiger partial charge in [0.2, 0.25) is 5.82 Å². The second-order valence-corrected chi connectivity index (χ2v) is 12.9. The standard InChI is InChI=1S/C38H39F2N3O3S/c1-5-8-21-43(4,20-6-2)35-29(38(45)46-24-26-14-10-9-11-15-26)23-28(33(39)34(35)40)36(44)41-30-19-18-25(7-3)22-27(30)37-42-31-16-12-13-17-32(31)47-37/h9-19,22-23H,5-8,20-21,24H2,1-4H3/p+1. The third-order valence-corrected chi connectivity index (χ3v) is 9.45. The van der Waals surface area contributed by atoms with E-state index in [1.165, 1.54) is 11.3 Å². The van der Waals surface area contributed by atoms with Crippen molar-refractivity contribution in [3.63, 3.8) is 0 Å². The maximum absolute atomic E-state index is 16.4. The molecule has 47 heavy (non-hydrogen) atoms. The molecule has 244 valence electrons. The molecular weight excluding hydrogens is 616 g/mol. The minimum Gasteiger partial charge on any atom is -0.457 e. The molecule has 1 aromatic heterocycles. The SMILES string of the molecule is CCCC[N+](C)(CCC)c1c(C(=O)OCc2ccccc2)cc(C(=O)Nc2ccc(CC)cc2-c2nc3ccccc3s2)c(F)c1F. The van der Waals surface area contributed by atoms with Gasteiger partial charge in [-0.25, -0.2) is 14.2 Å². The predicted molar refractivity (Wildman–Crippen MR) is 187 cm³/mol. The van der Waals surface area contributed by atoms with Crippen molar-refractivity contribution in [2.75, 3.05) is 25.5 Å². The first kappa shape index (κ1) is 33.9. The Kier molecular flexibility index (Phi) is 10.8. The predicted octanol–water partition coefficient (Wildman–Crippen LogP) is 9.56. The molecule has 1 unspecified atom stereocenters. The third kappa shape index (κ3) is 7.42. The van der Waals surface area contributed by atoms with Crippen molar-refractivity contribution < 1.29 is 23.1 Å². The molecule has 0 fully saturated rings. The molecule has 0 aliphatic heterocycles. The van der Waals surface area contributed by atoms with Gasteiger partial charge in [-0.15, -0.1) is 11.3 Å². The average molecular weight is 657 g/mol. The topological polar surface area (TPSA) is 68.3 Å². The molecule has 0 radical (unpaired) electrons. The molecule has 0 aliphatic rings. The van der Waals surface area contributed by atoms with Gasteiger partial charge in [0.05, 0.1) is 41.6 Å². The summed E-state index contributed by atoms with van der Waals surface area (Å²) >= 11 is 1.48. The van der Waals surface area contributed by atoms with Gasteiger partial charge in [0, 0.05) is 5.56 Å². The highest BCUT2D eigenvalue weighted by Gasteiger charge is 2.38. The zero-order valence-corrected chi connectivity index (χ0v) is 28.1. The van der Waals surface area contributed by atoms with Crippen LogP contribution in [-0.2, 0) is 17.8 Å². The van der Waals surface area contributed by atoms with Gasteiger partial charge in [-0.1, -0.05) is 75.7 Å². The van der Waals surface area contributed by atoms with Crippen LogP contribution in [0.1, 0.15) is 71.9 Å². The van der Waals surface area contributed by atoms with Crippen molar-refractivity contribution in [1.29, 1.82) is 0 Å². The van der Waals surface area contributed by atoms with E-state index >= 15 is 8.78 Å². The number of aryl methyl sites for hydroxylation is 1. The lowest BCUT2D eigenvalue weighted by molar-refractivity contribution is 0.0469. The van der Waals surface area contributed by atoms with Crippen molar-refractivity contribution in [2.24, 2.45) is 0 Å². The van der Waals surface area contributed by atoms with E-state index in [-0.39, 0.29) is 22.3 Å². The number of halogens is 2. The largest absolute Gasteiger partial charge is 0.457 e. The maximum Gasteiger partial charge on any atom is 0.344 e. The van der Waals surface area contributed by atoms with Crippen LogP contribution in [0.5, 0.6) is 0 Å². The summed E-state index contributed by atoms with van der Waals surface area (Å²) in [5.74, 6) is -4.23. The molecule has 1 amide bonds. The zero-order valence-electron chi connectivity index (χ0n) is 27.2. The second kappa shape index (κ2) is 15.0. The highest BCUT2D eigenvalue weighted by Crippen LogP contribution is 2.38. The summed E-state index contributed by atoms with van der Waals surface area (Å²) in [6, 6.07) is 23.6. The zero-order chi connectivity index (χ0) is 33.6. The summed E-state index contributed by atoms with van der Waals surface area (Å²) in [7, 11) is 1.80. The molecule has 0 bridgehead atoms. The van der Waals surface area contributed by atoms with Crippen molar-refractivity contribution in [1.82, 2.24) is 9.47 Å². The number of anilines is 1. The maximum atomic E-state index is 16.4. The number of hydrogen-bond donors (Lipinski definition) is 1. The number of para-hydroxylation sites is 1. The fourth-order valence-corrected chi connectivity index (χ4v) is 6.87. The van der Waals surface area contributed by atoms with E-state index in [0.717, 1.165) is 46.7 Å². The highest BCUT2D eigenvalue weighted by molar-refractivity contribution is 7.21. The van der Waals surface area contributed by atoms with E-state index in [4.69, 9.17) is 9.72 Å². The molecule has 9 heteroatoms. The van der Waals surface area contributed by atoms with Crippen LogP contribution >= 0.6 is 11.3 Å². The number of amides is 1. The molecule has 5 rings (SSSR count). The number of thiazole rings is 1. The molecule has 1 atom stereocenters. The van der Waals surface area contributed by atoms with Gasteiger partial charge >= 0.3 is 5.97 Å². The van der Waals surface area contributed by atoms with Crippen LogP contribution in [0.2, 0.25) is 0 Å². The molecule has 4 aromatic carbocycles. The summed E-state index contributed by atoms with van der Waals surface area (Å²) in [5, 5.41) is 3.48. The molecule has 0 aliphatic carbocycles. The van der Waals surface area contributed by atoms with Gasteiger partial charge in [0.25, 0.3) is 5.91 Å². The first-order chi connectivity index (χ1) is 22.7. The Bertz CT molecular complexity index is 1860. The van der Waals surface area contributed by atoms with E-state index in [9.17, 15) is 9.59 Å². The Morgan fingerprint density at radius 3 is 2.30 bits per heavy atom. The number of carbonyl (C=O) groups is 2. The Labute approximate surface area is 278 Å². The van der Waals surface area contributed by atoms with E-state index in [0.29, 0.717) is 35.8 Å². The number of fused-ring (bicyclic) bond motifs is 1. The van der Waals surface area contributed by atoms with Gasteiger partial charge in [0.1, 0.15) is 17.2 Å². The second-order valence-electron chi connectivity index (χ2n) is 11.9. The summed E-state index contributed by atoms with van der Waals surface area (Å²) in [6.45, 7) is 6.90. The van der Waals surface area contributed by atoms with Gasteiger partial charge in [-0.05, 0) is 60.7 Å². The van der Waals surface area contributed by atoms with Crippen molar-refractivity contribution in [3.05, 3.63) is 113 Å². The van der Waals surface area contributed by atoms with Crippen LogP contribution in [0, 0.1) is 11.6 Å². The number of aromatic nitrogens is 1. The summed E-state index contributed by atoms with van der Waals surface area (Å²) in [6.07, 6.45) is 3.00. The number of ether oxygens (including phenoxy) is 1. The van der Waals surface area contributed by atoms with Crippen LogP contribution in [-0.4, -0.2) is 37.0 Å². The number of hydrogen-bond acceptors (Lipinski definition) is 5. The molecule has 0 saturated heterocycles. The molecule has 1 heterocycles. The number of quaternary nitrogens is 1. The average Bonchev–Trinajstić information content (AvgIpc) is 3.52. The lowest BCUT2D eigenvalue weighted by Gasteiger charge is -2.35. The molecule has 1 N–H and O–H groups in total. The molecule has 0 spiro atoms. The lowest BCUT2D eigenvalue weighted by atomic mass is 10.0. The van der Waals surface area contributed by atoms with Crippen molar-refractivity contribution in [3.8, 4) is 10.6 Å². The Balaban J connectivity index is 1.58. The summed E-state index contributed by atoms with van der Waals surface area (Å²) in [5.41, 5.74) is 2.83. The Hall–Kier alpha value is -4.47. The van der Waals surface area contributed by atoms with Crippen LogP contribution in [0.3, 0.4) is 0 Å². The minimum absolute atomic E-state index is 0.00893. The number of esters is 1. The van der Waals surface area contributed by atoms with Crippen LogP contribution in [0.4, 0.5) is 20.2 Å². The normalized spacial score (nSPS) is 12.6. The number of nitrogens with zero attached hydrogens (tertiary/aromatic N) is 2. The number of unbranched alkanes of at least 4 members (excludes halogenated alkanes) is 1. The minimum atomic E-state index is -1.30. The Morgan fingerprint density at radius 1 is 0.851 bits per heavy atom. The van der Waals surface area contributed by atoms with Gasteiger partial charge < -0.3 is 10.1 Å². The van der Waals surface area contributed by atoms with Gasteiger partial charge in [0.15, 0.2) is 11.5 Å². The summed E-state index contributed by atoms with van der Waals surface area (Å²) in [4.78, 5) is 32.3. The number of benzene rings is 4. The number of nitrogens with one attached hydrogen (secondary N) is 1. The quantitative estimate of drug-likeness (QED) is 0.101. The lowest BCUT2D eigenvalue weighted by Crippen LogP contribution is -2.48. The van der Waals surface area contributed by atoms with Crippen LogP contribution < -0.4 is 9.80 Å². The van der Waals surface area contributed by atoms with E-state index in [1.807, 2.05) is 87.5 Å². The van der Waals surface area contributed by atoms with Crippen LogP contribution in [0.15, 0.2) is 78.9 Å². The van der Waals surface area contributed by atoms with E-state index in [1.54, 1.807) is 13.1 Å². The van der Waals surface area contributed by atoms with Gasteiger partial charge in [-0.2, -0.15) is 4.39 Å². The number of rotatable bonds is 13. The van der Waals surface area contributed by atoms with Crippen LogP contribution in [0.25, 0.3) is 20.8 Å². The number of carbonyl (C=O) groups excluding carboxylic acids is 2. The van der Waals surface area contributed by atoms with E-state index < -0.39 is 29.1 Å². The third-order valence-electron chi connectivity index (χ3n) is 8.39. The monoisotopic (exact) mass is 656 g/mol. The van der Waals surface area contributed by atoms with Crippen molar-refractivity contribution in [2.45, 2.75) is 53.1 Å².